The predicted octanol–water partition coefficient (Wildman–Crippen LogP) is 4.31. The quantitative estimate of drug-likeness (QED) is 0.406. The number of aromatic nitrogens is 1. The van der Waals surface area contributed by atoms with E-state index in [2.05, 4.69) is 30.7 Å². The maximum absolute atomic E-state index is 5.41. The number of alkyl halides is 1. The lowest BCUT2D eigenvalue weighted by Gasteiger charge is -2.13. The minimum absolute atomic E-state index is 0.721. The molecule has 0 unspecified atom stereocenters. The number of rotatable bonds is 7. The zero-order valence-electron chi connectivity index (χ0n) is 13.0. The van der Waals surface area contributed by atoms with Crippen molar-refractivity contribution in [3.63, 3.8) is 0 Å². The first-order valence-corrected chi connectivity index (χ1v) is 8.96. The first-order valence-electron chi connectivity index (χ1n) is 6.95. The van der Waals surface area contributed by atoms with Gasteiger partial charge in [0.2, 0.25) is 0 Å². The molecule has 2 aromatic rings. The molecule has 118 valence electrons. The van der Waals surface area contributed by atoms with Crippen LogP contribution in [0.15, 0.2) is 40.0 Å². The third-order valence-corrected chi connectivity index (χ3v) is 4.46. The van der Waals surface area contributed by atoms with E-state index in [1.54, 1.807) is 18.4 Å². The molecule has 0 aliphatic rings. The van der Waals surface area contributed by atoms with Crippen LogP contribution >= 0.6 is 27.3 Å². The summed E-state index contributed by atoms with van der Waals surface area (Å²) in [6, 6.07) is 5.89. The minimum atomic E-state index is 0.721. The molecule has 1 heterocycles. The van der Waals surface area contributed by atoms with Crippen LogP contribution < -0.4 is 14.2 Å². The zero-order valence-corrected chi connectivity index (χ0v) is 15.4. The molecule has 0 atom stereocenters. The van der Waals surface area contributed by atoms with Gasteiger partial charge in [0, 0.05) is 36.6 Å². The van der Waals surface area contributed by atoms with Crippen molar-refractivity contribution < 1.29 is 9.30 Å². The summed E-state index contributed by atoms with van der Waals surface area (Å²) < 4.78 is 7.52. The van der Waals surface area contributed by atoms with Crippen molar-refractivity contribution in [2.45, 2.75) is 13.0 Å². The van der Waals surface area contributed by atoms with Gasteiger partial charge in [-0.25, -0.2) is 4.57 Å². The van der Waals surface area contributed by atoms with Gasteiger partial charge in [0.1, 0.15) is 6.20 Å². The van der Waals surface area contributed by atoms with Gasteiger partial charge in [-0.3, -0.25) is 0 Å². The molecule has 0 amide bonds. The molecule has 0 aliphatic carbocycles. The van der Waals surface area contributed by atoms with E-state index >= 15 is 0 Å². The molecule has 0 bridgehead atoms. The topological polar surface area (TPSA) is 41.1 Å². The number of halogens is 1. The van der Waals surface area contributed by atoms with Crippen molar-refractivity contribution in [3.05, 3.63) is 29.8 Å². The van der Waals surface area contributed by atoms with Crippen LogP contribution in [0, 0.1) is 0 Å². The van der Waals surface area contributed by atoms with Gasteiger partial charge < -0.3 is 9.64 Å². The van der Waals surface area contributed by atoms with Crippen LogP contribution in [-0.2, 0) is 6.54 Å². The van der Waals surface area contributed by atoms with Gasteiger partial charge in [-0.2, -0.15) is 0 Å². The molecular weight excluding hydrogens is 364 g/mol. The van der Waals surface area contributed by atoms with Crippen LogP contribution in [0.2, 0.25) is 0 Å². The summed E-state index contributed by atoms with van der Waals surface area (Å²) in [6.45, 7) is 0.930. The summed E-state index contributed by atoms with van der Waals surface area (Å²) in [5, 5.41) is 12.6. The van der Waals surface area contributed by atoms with Gasteiger partial charge in [0.25, 0.3) is 0 Å². The fourth-order valence-corrected chi connectivity index (χ4v) is 2.86. The third-order valence-electron chi connectivity index (χ3n) is 3.12. The average Bonchev–Trinajstić information content (AvgIpc) is 2.97. The summed E-state index contributed by atoms with van der Waals surface area (Å²) in [5.74, 6) is 0.721. The molecule has 1 aromatic heterocycles. The zero-order chi connectivity index (χ0) is 15.9. The van der Waals surface area contributed by atoms with Gasteiger partial charge in [0.05, 0.1) is 18.8 Å². The Kier molecular flexibility index (Phi) is 6.33. The number of aryl methyl sites for hydroxylation is 1. The summed E-state index contributed by atoms with van der Waals surface area (Å²) in [4.78, 5) is 2.02. The molecule has 22 heavy (non-hydrogen) atoms. The van der Waals surface area contributed by atoms with Crippen molar-refractivity contribution >= 4 is 43.8 Å². The van der Waals surface area contributed by atoms with Crippen LogP contribution in [0.3, 0.4) is 0 Å². The Hall–Kier alpha value is -1.47. The molecule has 0 saturated carbocycles. The fraction of sp³-hybridized carbons (Fsp3) is 0.400. The number of hydrogen-bond donors (Lipinski definition) is 0. The van der Waals surface area contributed by atoms with Crippen LogP contribution in [-0.4, -0.2) is 26.5 Å². The van der Waals surface area contributed by atoms with Gasteiger partial charge in [-0.05, 0) is 35.0 Å². The Balaban J connectivity index is 2.21. The normalized spacial score (nSPS) is 11.1. The van der Waals surface area contributed by atoms with Crippen LogP contribution in [0.4, 0.5) is 16.5 Å². The lowest BCUT2D eigenvalue weighted by molar-refractivity contribution is -0.680. The number of thiazole rings is 1. The highest BCUT2D eigenvalue weighted by atomic mass is 79.9. The Bertz CT molecular complexity index is 642. The Morgan fingerprint density at radius 2 is 2.14 bits per heavy atom. The molecule has 1 aromatic carbocycles. The standard InChI is InChI=1S/C15H20BrN4OS/c1-19(2)12-5-6-13(14(11-12)21-3)17-18-15-20(8-4-7-16)9-10-22-15/h5-6,9-11H,4,7-8H2,1-3H3/q+1. The number of hydrogen-bond acceptors (Lipinski definition) is 5. The molecule has 5 nitrogen and oxygen atoms in total. The Morgan fingerprint density at radius 1 is 1.32 bits per heavy atom. The highest BCUT2D eigenvalue weighted by Crippen LogP contribution is 2.32. The second kappa shape index (κ2) is 8.24. The second-order valence-corrected chi connectivity index (χ2v) is 6.54. The average molecular weight is 384 g/mol. The number of azo groups is 1. The first-order chi connectivity index (χ1) is 10.7. The number of benzene rings is 1. The maximum Gasteiger partial charge on any atom is 0.408 e. The number of anilines is 1. The van der Waals surface area contributed by atoms with E-state index in [9.17, 15) is 0 Å². The van der Waals surface area contributed by atoms with Crippen molar-refractivity contribution in [1.29, 1.82) is 0 Å². The highest BCUT2D eigenvalue weighted by Gasteiger charge is 2.13. The first kappa shape index (κ1) is 16.9. The van der Waals surface area contributed by atoms with Crippen molar-refractivity contribution in [2.75, 3.05) is 31.4 Å². The van der Waals surface area contributed by atoms with Crippen molar-refractivity contribution in [1.82, 2.24) is 0 Å². The molecule has 0 saturated heterocycles. The number of ether oxygens (including phenoxy) is 1. The SMILES string of the molecule is COc1cc(N(C)C)ccc1N=Nc1scc[n+]1CCCBr. The minimum Gasteiger partial charge on any atom is -0.494 e. The van der Waals surface area contributed by atoms with Gasteiger partial charge in [-0.15, -0.1) is 0 Å². The predicted molar refractivity (Wildman–Crippen MR) is 94.4 cm³/mol. The van der Waals surface area contributed by atoms with Crippen LogP contribution in [0.5, 0.6) is 5.75 Å². The molecular formula is C15H20BrN4OS+. The van der Waals surface area contributed by atoms with Crippen LogP contribution in [0.1, 0.15) is 6.42 Å². The molecule has 0 radical (unpaired) electrons. The number of nitrogens with zero attached hydrogens (tertiary/aromatic N) is 4. The summed E-state index contributed by atoms with van der Waals surface area (Å²) >= 11 is 5.03. The summed E-state index contributed by atoms with van der Waals surface area (Å²) in [6.07, 6.45) is 3.10. The van der Waals surface area contributed by atoms with E-state index < -0.39 is 0 Å². The van der Waals surface area contributed by atoms with Crippen LogP contribution in [0.25, 0.3) is 0 Å². The van der Waals surface area contributed by atoms with Gasteiger partial charge in [0.15, 0.2) is 11.4 Å². The lowest BCUT2D eigenvalue weighted by Crippen LogP contribution is -2.30. The van der Waals surface area contributed by atoms with E-state index in [-0.39, 0.29) is 0 Å². The summed E-state index contributed by atoms with van der Waals surface area (Å²) in [7, 11) is 5.64. The summed E-state index contributed by atoms with van der Waals surface area (Å²) in [5.41, 5.74) is 1.80. The van der Waals surface area contributed by atoms with Crippen molar-refractivity contribution in [3.8, 4) is 5.75 Å². The largest absolute Gasteiger partial charge is 0.494 e. The maximum atomic E-state index is 5.41. The van der Waals surface area contributed by atoms with E-state index in [4.69, 9.17) is 4.74 Å². The lowest BCUT2D eigenvalue weighted by atomic mass is 10.2. The van der Waals surface area contributed by atoms with Gasteiger partial charge in [-0.1, -0.05) is 15.9 Å². The number of methoxy groups -OCH3 is 1. The van der Waals surface area contributed by atoms with E-state index in [1.165, 1.54) is 0 Å². The second-order valence-electron chi connectivity index (χ2n) is 4.87. The molecule has 0 N–H and O–H groups in total. The Morgan fingerprint density at radius 3 is 2.82 bits per heavy atom. The van der Waals surface area contributed by atoms with Crippen molar-refractivity contribution in [2.24, 2.45) is 10.2 Å². The molecule has 0 spiro atoms. The van der Waals surface area contributed by atoms with E-state index in [1.807, 2.05) is 48.8 Å². The smallest absolute Gasteiger partial charge is 0.408 e. The van der Waals surface area contributed by atoms with E-state index in [0.29, 0.717) is 0 Å². The Labute approximate surface area is 143 Å². The third kappa shape index (κ3) is 4.27. The van der Waals surface area contributed by atoms with Gasteiger partial charge >= 0.3 is 5.13 Å². The molecule has 0 aliphatic heterocycles. The van der Waals surface area contributed by atoms with E-state index in [0.717, 1.165) is 40.6 Å². The molecule has 2 rings (SSSR count). The fourth-order valence-electron chi connectivity index (χ4n) is 1.90. The molecule has 0 fully saturated rings. The molecule has 7 heteroatoms. The highest BCUT2D eigenvalue weighted by molar-refractivity contribution is 9.09. The monoisotopic (exact) mass is 383 g/mol.